The van der Waals surface area contributed by atoms with Crippen molar-refractivity contribution < 1.29 is 14.3 Å². The van der Waals surface area contributed by atoms with Gasteiger partial charge in [-0.25, -0.2) is 0 Å². The highest BCUT2D eigenvalue weighted by Gasteiger charge is 2.20. The molecule has 0 spiro atoms. The van der Waals surface area contributed by atoms with Crippen LogP contribution in [-0.4, -0.2) is 31.6 Å². The van der Waals surface area contributed by atoms with Gasteiger partial charge in [0, 0.05) is 20.0 Å². The molecule has 1 amide bonds. The van der Waals surface area contributed by atoms with Crippen LogP contribution in [0.25, 0.3) is 0 Å². The van der Waals surface area contributed by atoms with Gasteiger partial charge in [-0.05, 0) is 29.7 Å². The summed E-state index contributed by atoms with van der Waals surface area (Å²) in [6.07, 6.45) is 0.870. The summed E-state index contributed by atoms with van der Waals surface area (Å²) in [6, 6.07) is 3.97. The highest BCUT2D eigenvalue weighted by Crippen LogP contribution is 2.33. The minimum Gasteiger partial charge on any atom is -0.493 e. The minimum atomic E-state index is 0.116. The van der Waals surface area contributed by atoms with Crippen LogP contribution in [0.4, 0.5) is 0 Å². The van der Waals surface area contributed by atoms with Gasteiger partial charge < -0.3 is 14.4 Å². The van der Waals surface area contributed by atoms with Crippen molar-refractivity contribution in [3.63, 3.8) is 0 Å². The molecule has 4 heteroatoms. The summed E-state index contributed by atoms with van der Waals surface area (Å²) < 4.78 is 10.5. The van der Waals surface area contributed by atoms with E-state index in [4.69, 9.17) is 9.47 Å². The van der Waals surface area contributed by atoms with Gasteiger partial charge in [-0.2, -0.15) is 0 Å². The Bertz CT molecular complexity index is 443. The summed E-state index contributed by atoms with van der Waals surface area (Å²) in [5.74, 6) is 1.59. The van der Waals surface area contributed by atoms with E-state index in [9.17, 15) is 4.79 Å². The van der Waals surface area contributed by atoms with Crippen LogP contribution in [0.15, 0.2) is 12.1 Å². The Morgan fingerprint density at radius 3 is 2.29 bits per heavy atom. The van der Waals surface area contributed by atoms with Gasteiger partial charge >= 0.3 is 0 Å². The molecule has 17 heavy (non-hydrogen) atoms. The fourth-order valence-electron chi connectivity index (χ4n) is 2.15. The molecular weight excluding hydrogens is 218 g/mol. The predicted octanol–water partition coefficient (Wildman–Crippen LogP) is 1.61. The maximum absolute atomic E-state index is 11.4. The Morgan fingerprint density at radius 1 is 1.18 bits per heavy atom. The number of rotatable bonds is 2. The van der Waals surface area contributed by atoms with E-state index in [1.807, 2.05) is 17.0 Å². The van der Waals surface area contributed by atoms with Crippen LogP contribution in [0.5, 0.6) is 11.5 Å². The van der Waals surface area contributed by atoms with Gasteiger partial charge in [0.15, 0.2) is 11.5 Å². The van der Waals surface area contributed by atoms with E-state index in [0.717, 1.165) is 30.0 Å². The molecule has 0 saturated carbocycles. The molecular formula is C13H17NO3. The molecule has 4 nitrogen and oxygen atoms in total. The lowest BCUT2D eigenvalue weighted by Gasteiger charge is -2.28. The molecule has 1 aromatic carbocycles. The maximum Gasteiger partial charge on any atom is 0.219 e. The van der Waals surface area contributed by atoms with E-state index in [-0.39, 0.29) is 5.91 Å². The number of nitrogens with zero attached hydrogens (tertiary/aromatic N) is 1. The number of carbonyl (C=O) groups excluding carboxylic acids is 1. The molecule has 2 rings (SSSR count). The van der Waals surface area contributed by atoms with Gasteiger partial charge in [-0.3, -0.25) is 4.79 Å². The van der Waals surface area contributed by atoms with Gasteiger partial charge in [0.25, 0.3) is 0 Å². The van der Waals surface area contributed by atoms with Gasteiger partial charge in [-0.15, -0.1) is 0 Å². The fraction of sp³-hybridized carbons (Fsp3) is 0.462. The van der Waals surface area contributed by atoms with Crippen LogP contribution in [0.3, 0.4) is 0 Å². The first kappa shape index (κ1) is 11.8. The fourth-order valence-corrected chi connectivity index (χ4v) is 2.15. The van der Waals surface area contributed by atoms with Crippen LogP contribution in [0, 0.1) is 0 Å². The lowest BCUT2D eigenvalue weighted by Crippen LogP contribution is -2.34. The Hall–Kier alpha value is -1.71. The zero-order valence-electron chi connectivity index (χ0n) is 10.4. The van der Waals surface area contributed by atoms with Crippen LogP contribution in [0.1, 0.15) is 18.1 Å². The molecule has 0 bridgehead atoms. The molecule has 1 aliphatic heterocycles. The third-order valence-corrected chi connectivity index (χ3v) is 3.16. The Kier molecular flexibility index (Phi) is 3.22. The van der Waals surface area contributed by atoms with E-state index in [1.54, 1.807) is 21.1 Å². The molecule has 0 aliphatic carbocycles. The molecule has 0 saturated heterocycles. The third-order valence-electron chi connectivity index (χ3n) is 3.16. The largest absolute Gasteiger partial charge is 0.493 e. The van der Waals surface area contributed by atoms with E-state index in [2.05, 4.69) is 0 Å². The first-order chi connectivity index (χ1) is 8.15. The summed E-state index contributed by atoms with van der Waals surface area (Å²) in [4.78, 5) is 13.2. The molecule has 1 heterocycles. The normalized spacial score (nSPS) is 14.2. The molecule has 0 radical (unpaired) electrons. The number of hydrogen-bond donors (Lipinski definition) is 0. The zero-order chi connectivity index (χ0) is 12.4. The molecule has 92 valence electrons. The molecule has 0 aromatic heterocycles. The summed E-state index contributed by atoms with van der Waals surface area (Å²) >= 11 is 0. The predicted molar refractivity (Wildman–Crippen MR) is 64.3 cm³/mol. The lowest BCUT2D eigenvalue weighted by molar-refractivity contribution is -0.129. The van der Waals surface area contributed by atoms with Crippen LogP contribution < -0.4 is 9.47 Å². The van der Waals surface area contributed by atoms with E-state index in [1.165, 1.54) is 5.56 Å². The number of fused-ring (bicyclic) bond motifs is 1. The highest BCUT2D eigenvalue weighted by atomic mass is 16.5. The second kappa shape index (κ2) is 4.65. The van der Waals surface area contributed by atoms with Crippen molar-refractivity contribution in [2.45, 2.75) is 19.9 Å². The first-order valence-electron chi connectivity index (χ1n) is 5.65. The summed E-state index contributed by atoms with van der Waals surface area (Å²) in [6.45, 7) is 3.04. The highest BCUT2D eigenvalue weighted by molar-refractivity contribution is 5.73. The average Bonchev–Trinajstić information content (AvgIpc) is 2.36. The van der Waals surface area contributed by atoms with Crippen molar-refractivity contribution in [1.82, 2.24) is 4.90 Å². The second-order valence-corrected chi connectivity index (χ2v) is 4.17. The van der Waals surface area contributed by atoms with Crippen molar-refractivity contribution >= 4 is 5.91 Å². The summed E-state index contributed by atoms with van der Waals surface area (Å²) in [5.41, 5.74) is 2.38. The van der Waals surface area contributed by atoms with Crippen molar-refractivity contribution in [2.24, 2.45) is 0 Å². The molecule has 1 aliphatic rings. The number of benzene rings is 1. The number of amides is 1. The van der Waals surface area contributed by atoms with Crippen molar-refractivity contribution in [1.29, 1.82) is 0 Å². The SMILES string of the molecule is COc1cc2c(cc1OC)CN(C(C)=O)CC2. The van der Waals surface area contributed by atoms with E-state index in [0.29, 0.717) is 6.54 Å². The van der Waals surface area contributed by atoms with Crippen molar-refractivity contribution in [2.75, 3.05) is 20.8 Å². The van der Waals surface area contributed by atoms with Gasteiger partial charge in [0.1, 0.15) is 0 Å². The third kappa shape index (κ3) is 2.20. The molecule has 0 N–H and O–H groups in total. The monoisotopic (exact) mass is 235 g/mol. The summed E-state index contributed by atoms with van der Waals surface area (Å²) in [7, 11) is 3.25. The molecule has 0 unspecified atom stereocenters. The molecule has 1 aromatic rings. The maximum atomic E-state index is 11.4. The van der Waals surface area contributed by atoms with Crippen LogP contribution >= 0.6 is 0 Å². The van der Waals surface area contributed by atoms with Crippen LogP contribution in [0.2, 0.25) is 0 Å². The average molecular weight is 235 g/mol. The van der Waals surface area contributed by atoms with Gasteiger partial charge in [-0.1, -0.05) is 0 Å². The Labute approximate surface area is 101 Å². The molecule has 0 atom stereocenters. The zero-order valence-corrected chi connectivity index (χ0v) is 10.4. The van der Waals surface area contributed by atoms with Crippen molar-refractivity contribution in [3.05, 3.63) is 23.3 Å². The Balaban J connectivity index is 2.35. The van der Waals surface area contributed by atoms with Crippen molar-refractivity contribution in [3.8, 4) is 11.5 Å². The second-order valence-electron chi connectivity index (χ2n) is 4.17. The first-order valence-corrected chi connectivity index (χ1v) is 5.65. The van der Waals surface area contributed by atoms with Crippen LogP contribution in [-0.2, 0) is 17.8 Å². The number of ether oxygens (including phenoxy) is 2. The summed E-state index contributed by atoms with van der Waals surface area (Å²) in [5, 5.41) is 0. The Morgan fingerprint density at radius 2 is 1.76 bits per heavy atom. The van der Waals surface area contributed by atoms with E-state index >= 15 is 0 Å². The minimum absolute atomic E-state index is 0.116. The smallest absolute Gasteiger partial charge is 0.219 e. The lowest BCUT2D eigenvalue weighted by atomic mass is 9.99. The van der Waals surface area contributed by atoms with Gasteiger partial charge in [0.2, 0.25) is 5.91 Å². The van der Waals surface area contributed by atoms with Gasteiger partial charge in [0.05, 0.1) is 14.2 Å². The topological polar surface area (TPSA) is 38.8 Å². The molecule has 0 fully saturated rings. The standard InChI is InChI=1S/C13H17NO3/c1-9(15)14-5-4-10-6-12(16-2)13(17-3)7-11(10)8-14/h6-7H,4-5,8H2,1-3H3. The number of carbonyl (C=O) groups is 1. The number of methoxy groups -OCH3 is 2. The number of hydrogen-bond acceptors (Lipinski definition) is 3. The quantitative estimate of drug-likeness (QED) is 0.781. The van der Waals surface area contributed by atoms with E-state index < -0.39 is 0 Å².